The second kappa shape index (κ2) is 7.19. The highest BCUT2D eigenvalue weighted by Gasteiger charge is 2.23. The third-order valence-electron chi connectivity index (χ3n) is 5.52. The van der Waals surface area contributed by atoms with E-state index in [1.54, 1.807) is 0 Å². The van der Waals surface area contributed by atoms with Crippen molar-refractivity contribution < 1.29 is 4.42 Å². The molecule has 1 atom stereocenters. The molecule has 0 radical (unpaired) electrons. The Labute approximate surface area is 170 Å². The van der Waals surface area contributed by atoms with Crippen molar-refractivity contribution in [2.45, 2.75) is 13.0 Å². The summed E-state index contributed by atoms with van der Waals surface area (Å²) in [5.41, 5.74) is 7.29. The first-order valence-corrected chi connectivity index (χ1v) is 9.93. The number of para-hydroxylation sites is 1. The number of furan rings is 1. The number of fused-ring (bicyclic) bond motifs is 4. The van der Waals surface area contributed by atoms with Crippen molar-refractivity contribution in [3.63, 3.8) is 0 Å². The first kappa shape index (κ1) is 17.7. The van der Waals surface area contributed by atoms with Crippen molar-refractivity contribution in [1.29, 1.82) is 0 Å². The van der Waals surface area contributed by atoms with Crippen LogP contribution in [0, 0.1) is 0 Å². The molecule has 5 rings (SSSR count). The summed E-state index contributed by atoms with van der Waals surface area (Å²) in [7, 11) is 0. The summed E-state index contributed by atoms with van der Waals surface area (Å²) in [5, 5.41) is 5.78. The maximum Gasteiger partial charge on any atom is 0.135 e. The molecule has 0 aliphatic heterocycles. The first-order valence-electron chi connectivity index (χ1n) is 9.93. The average molecular weight is 378 g/mol. The monoisotopic (exact) mass is 378 g/mol. The van der Waals surface area contributed by atoms with Gasteiger partial charge in [0.1, 0.15) is 11.2 Å². The van der Waals surface area contributed by atoms with Gasteiger partial charge in [0, 0.05) is 21.9 Å². The summed E-state index contributed by atoms with van der Waals surface area (Å²) in [6, 6.07) is 23.0. The number of hydrogen-bond acceptors (Lipinski definition) is 3. The zero-order valence-corrected chi connectivity index (χ0v) is 16.4. The molecular formula is C26H22N2O. The van der Waals surface area contributed by atoms with Crippen LogP contribution in [-0.2, 0) is 0 Å². The van der Waals surface area contributed by atoms with Gasteiger partial charge in [0.2, 0.25) is 0 Å². The summed E-state index contributed by atoms with van der Waals surface area (Å²) in [4.78, 5) is 4.51. The Morgan fingerprint density at radius 1 is 1.00 bits per heavy atom. The van der Waals surface area contributed by atoms with E-state index >= 15 is 0 Å². The van der Waals surface area contributed by atoms with Crippen LogP contribution in [0.3, 0.4) is 0 Å². The van der Waals surface area contributed by atoms with E-state index in [4.69, 9.17) is 4.42 Å². The van der Waals surface area contributed by atoms with Crippen molar-refractivity contribution >= 4 is 46.0 Å². The van der Waals surface area contributed by atoms with E-state index in [1.165, 1.54) is 11.1 Å². The van der Waals surface area contributed by atoms with Gasteiger partial charge in [0.05, 0.1) is 11.7 Å². The number of benzene rings is 3. The Morgan fingerprint density at radius 2 is 1.79 bits per heavy atom. The molecule has 1 N–H and O–H groups in total. The highest BCUT2D eigenvalue weighted by atomic mass is 16.3. The Hall–Kier alpha value is -3.43. The van der Waals surface area contributed by atoms with Crippen molar-refractivity contribution in [3.05, 3.63) is 89.5 Å². The molecule has 3 nitrogen and oxygen atoms in total. The number of nitrogens with zero attached hydrogens (tertiary/aromatic N) is 1. The van der Waals surface area contributed by atoms with Crippen LogP contribution in [0.25, 0.3) is 39.3 Å². The molecule has 0 fully saturated rings. The maximum absolute atomic E-state index is 6.00. The molecule has 29 heavy (non-hydrogen) atoms. The standard InChI is InChI=1S/C26H22N2O/c1-3-28-22-14-12-17-8-4-5-9-19(17)25(22)26(27-2)18-13-15-24-21(16-18)20-10-6-7-11-23(20)29-24/h4-16,22,28H,2-3H2,1H3/b26-25-. The zero-order valence-electron chi connectivity index (χ0n) is 16.4. The van der Waals surface area contributed by atoms with Crippen molar-refractivity contribution in [2.75, 3.05) is 6.54 Å². The molecule has 0 spiro atoms. The van der Waals surface area contributed by atoms with Crippen molar-refractivity contribution in [2.24, 2.45) is 4.99 Å². The predicted octanol–water partition coefficient (Wildman–Crippen LogP) is 6.16. The summed E-state index contributed by atoms with van der Waals surface area (Å²) in [5.74, 6) is 0. The van der Waals surface area contributed by atoms with Crippen LogP contribution in [0.1, 0.15) is 23.6 Å². The van der Waals surface area contributed by atoms with Crippen LogP contribution in [0.5, 0.6) is 0 Å². The topological polar surface area (TPSA) is 37.5 Å². The van der Waals surface area contributed by atoms with Crippen LogP contribution in [0.4, 0.5) is 0 Å². The maximum atomic E-state index is 6.00. The highest BCUT2D eigenvalue weighted by Crippen LogP contribution is 2.38. The molecule has 1 heterocycles. The van der Waals surface area contributed by atoms with Gasteiger partial charge in [0.25, 0.3) is 0 Å². The number of rotatable bonds is 4. The van der Waals surface area contributed by atoms with E-state index in [0.717, 1.165) is 45.3 Å². The largest absolute Gasteiger partial charge is 0.456 e. The van der Waals surface area contributed by atoms with Gasteiger partial charge in [-0.1, -0.05) is 61.5 Å². The molecule has 142 valence electrons. The molecule has 3 heteroatoms. The van der Waals surface area contributed by atoms with E-state index in [1.807, 2.05) is 24.3 Å². The zero-order chi connectivity index (χ0) is 19.8. The van der Waals surface area contributed by atoms with Crippen molar-refractivity contribution in [3.8, 4) is 0 Å². The lowest BCUT2D eigenvalue weighted by Crippen LogP contribution is -2.30. The van der Waals surface area contributed by atoms with Gasteiger partial charge >= 0.3 is 0 Å². The fourth-order valence-electron chi connectivity index (χ4n) is 4.22. The SMILES string of the molecule is C=N/C(=C1/c2ccccc2C=CC1NCC)c1ccc2oc3ccccc3c2c1. The third kappa shape index (κ3) is 2.91. The summed E-state index contributed by atoms with van der Waals surface area (Å²) < 4.78 is 6.00. The third-order valence-corrected chi connectivity index (χ3v) is 5.52. The Bertz CT molecular complexity index is 1290. The van der Waals surface area contributed by atoms with Gasteiger partial charge in [0.15, 0.2) is 0 Å². The molecule has 1 aliphatic carbocycles. The van der Waals surface area contributed by atoms with Gasteiger partial charge in [-0.3, -0.25) is 4.99 Å². The lowest BCUT2D eigenvalue weighted by Gasteiger charge is -2.26. The van der Waals surface area contributed by atoms with E-state index in [9.17, 15) is 0 Å². The number of likely N-dealkylation sites (N-methyl/N-ethyl adjacent to an activating group) is 1. The molecule has 1 aromatic heterocycles. The quantitative estimate of drug-likeness (QED) is 0.432. The van der Waals surface area contributed by atoms with Crippen LogP contribution in [-0.4, -0.2) is 19.3 Å². The molecule has 0 saturated carbocycles. The number of hydrogen-bond donors (Lipinski definition) is 1. The van der Waals surface area contributed by atoms with Gasteiger partial charge in [-0.2, -0.15) is 0 Å². The second-order valence-corrected chi connectivity index (χ2v) is 7.21. The van der Waals surface area contributed by atoms with Crippen LogP contribution < -0.4 is 5.32 Å². The minimum absolute atomic E-state index is 0.0900. The minimum Gasteiger partial charge on any atom is -0.456 e. The predicted molar refractivity (Wildman–Crippen MR) is 123 cm³/mol. The van der Waals surface area contributed by atoms with E-state index in [-0.39, 0.29) is 6.04 Å². The highest BCUT2D eigenvalue weighted by molar-refractivity contribution is 6.07. The first-order chi connectivity index (χ1) is 14.3. The van der Waals surface area contributed by atoms with E-state index < -0.39 is 0 Å². The summed E-state index contributed by atoms with van der Waals surface area (Å²) in [6.45, 7) is 6.92. The van der Waals surface area contributed by atoms with Crippen LogP contribution in [0.2, 0.25) is 0 Å². The summed E-state index contributed by atoms with van der Waals surface area (Å²) in [6.07, 6.45) is 4.39. The molecule has 4 aromatic rings. The Balaban J connectivity index is 1.77. The Kier molecular flexibility index (Phi) is 4.38. The molecule has 0 amide bonds. The summed E-state index contributed by atoms with van der Waals surface area (Å²) >= 11 is 0. The van der Waals surface area contributed by atoms with E-state index in [0.29, 0.717) is 0 Å². The van der Waals surface area contributed by atoms with Gasteiger partial charge in [-0.15, -0.1) is 0 Å². The minimum atomic E-state index is 0.0900. The molecule has 1 unspecified atom stereocenters. The second-order valence-electron chi connectivity index (χ2n) is 7.21. The fraction of sp³-hybridized carbons (Fsp3) is 0.115. The molecule has 0 saturated heterocycles. The number of nitrogens with one attached hydrogen (secondary N) is 1. The van der Waals surface area contributed by atoms with Gasteiger partial charge in [-0.05, 0) is 48.7 Å². The molecule has 3 aromatic carbocycles. The Morgan fingerprint density at radius 3 is 2.66 bits per heavy atom. The lowest BCUT2D eigenvalue weighted by atomic mass is 9.86. The number of aliphatic imine (C=N–C) groups is 1. The van der Waals surface area contributed by atoms with Gasteiger partial charge in [-0.25, -0.2) is 0 Å². The van der Waals surface area contributed by atoms with Crippen LogP contribution >= 0.6 is 0 Å². The molecule has 1 aliphatic rings. The van der Waals surface area contributed by atoms with Crippen LogP contribution in [0.15, 0.2) is 82.2 Å². The molecule has 0 bridgehead atoms. The average Bonchev–Trinajstić information content (AvgIpc) is 3.14. The van der Waals surface area contributed by atoms with E-state index in [2.05, 4.69) is 78.6 Å². The smallest absolute Gasteiger partial charge is 0.135 e. The molecular weight excluding hydrogens is 356 g/mol. The van der Waals surface area contributed by atoms with Gasteiger partial charge < -0.3 is 9.73 Å². The lowest BCUT2D eigenvalue weighted by molar-refractivity contribution is 0.669. The normalized spacial score (nSPS) is 17.5. The van der Waals surface area contributed by atoms with Crippen molar-refractivity contribution in [1.82, 2.24) is 5.32 Å². The fourth-order valence-corrected chi connectivity index (χ4v) is 4.22.